The van der Waals surface area contributed by atoms with Gasteiger partial charge in [0, 0.05) is 44.0 Å². The van der Waals surface area contributed by atoms with Crippen LogP contribution >= 0.6 is 0 Å². The molecule has 0 spiro atoms. The van der Waals surface area contributed by atoms with Crippen LogP contribution in [-0.4, -0.2) is 14.5 Å². The molecule has 64 heavy (non-hydrogen) atoms. The first-order chi connectivity index (χ1) is 31.0. The average Bonchev–Trinajstić information content (AvgIpc) is 3.87. The first-order valence-electron chi connectivity index (χ1n) is 20.4. The molecule has 11 aromatic rings. The van der Waals surface area contributed by atoms with Crippen molar-refractivity contribution in [2.45, 2.75) is 12.4 Å². The average molecular weight is 852 g/mol. The summed E-state index contributed by atoms with van der Waals surface area (Å²) in [5.41, 5.74) is 6.87. The van der Waals surface area contributed by atoms with E-state index in [0.29, 0.717) is 61.9 Å². The van der Waals surface area contributed by atoms with Crippen molar-refractivity contribution in [3.63, 3.8) is 0 Å². The highest BCUT2D eigenvalue weighted by Gasteiger charge is 2.32. The van der Waals surface area contributed by atoms with Crippen LogP contribution in [0.15, 0.2) is 192 Å². The zero-order valence-corrected chi connectivity index (χ0v) is 33.4. The smallest absolute Gasteiger partial charge is 0.416 e. The molecule has 10 heteroatoms. The van der Waals surface area contributed by atoms with Crippen LogP contribution in [0.2, 0.25) is 0 Å². The number of benzene rings is 8. The summed E-state index contributed by atoms with van der Waals surface area (Å²) in [6.07, 6.45) is -9.19. The summed E-state index contributed by atoms with van der Waals surface area (Å²) >= 11 is 0. The maximum atomic E-state index is 14.1. The Hall–Kier alpha value is -7.98. The van der Waals surface area contributed by atoms with Crippen LogP contribution in [0.1, 0.15) is 11.1 Å². The molecule has 0 N–H and O–H groups in total. The summed E-state index contributed by atoms with van der Waals surface area (Å²) < 4.78 is 93.3. The standard InChI is InChI=1S/C54H31F6N3O/c55-53(56,57)37-23-19-32(20-24-37)42-29-36(45-31-44(34-11-3-1-4-12-34)61-52(62-45)35-13-5-2-6-14-35)30-43(33-21-25-38(26-22-33)54(58,59)60)50(42)63-46-17-9-7-16-41(46)49-47(63)28-27-40-39-15-8-10-18-48(39)64-51(40)49/h1-31H. The number of nitrogens with zero attached hydrogens (tertiary/aromatic N) is 3. The molecular formula is C54H31F6N3O. The molecule has 8 aromatic carbocycles. The SMILES string of the molecule is FC(F)(F)c1ccc(-c2cc(-c3cc(-c4ccccc4)nc(-c4ccccc4)n3)cc(-c3ccc(C(F)(F)F)cc3)c2-n2c3ccccc3c3c4oc5ccccc5c4ccc32)cc1. The highest BCUT2D eigenvalue weighted by molar-refractivity contribution is 6.24. The van der Waals surface area contributed by atoms with E-state index in [0.717, 1.165) is 68.0 Å². The highest BCUT2D eigenvalue weighted by atomic mass is 19.4. The Morgan fingerprint density at radius 1 is 0.406 bits per heavy atom. The summed E-state index contributed by atoms with van der Waals surface area (Å²) in [6, 6.07) is 54.1. The van der Waals surface area contributed by atoms with Crippen molar-refractivity contribution in [1.82, 2.24) is 14.5 Å². The molecule has 310 valence electrons. The molecule has 0 bridgehead atoms. The molecule has 0 aliphatic rings. The fourth-order valence-corrected chi connectivity index (χ4v) is 8.68. The molecule has 0 aliphatic carbocycles. The molecule has 0 saturated carbocycles. The molecule has 0 fully saturated rings. The lowest BCUT2D eigenvalue weighted by atomic mass is 9.90. The lowest BCUT2D eigenvalue weighted by molar-refractivity contribution is -0.138. The third kappa shape index (κ3) is 6.66. The van der Waals surface area contributed by atoms with Gasteiger partial charge in [0.15, 0.2) is 5.82 Å². The van der Waals surface area contributed by atoms with Crippen LogP contribution < -0.4 is 0 Å². The van der Waals surface area contributed by atoms with E-state index in [1.54, 1.807) is 0 Å². The monoisotopic (exact) mass is 851 g/mol. The van der Waals surface area contributed by atoms with E-state index in [2.05, 4.69) is 0 Å². The van der Waals surface area contributed by atoms with Crippen molar-refractivity contribution in [3.05, 3.63) is 199 Å². The Morgan fingerprint density at radius 3 is 1.52 bits per heavy atom. The van der Waals surface area contributed by atoms with Crippen LogP contribution in [-0.2, 0) is 12.4 Å². The van der Waals surface area contributed by atoms with Crippen LogP contribution in [0.25, 0.3) is 106 Å². The van der Waals surface area contributed by atoms with Gasteiger partial charge in [-0.1, -0.05) is 121 Å². The minimum absolute atomic E-state index is 0.436. The quantitative estimate of drug-likeness (QED) is 0.157. The van der Waals surface area contributed by atoms with E-state index >= 15 is 0 Å². The number of para-hydroxylation sites is 2. The van der Waals surface area contributed by atoms with E-state index in [1.165, 1.54) is 24.3 Å². The van der Waals surface area contributed by atoms with Gasteiger partial charge in [-0.05, 0) is 77.9 Å². The Bertz CT molecular complexity index is 3420. The molecule has 0 aliphatic heterocycles. The van der Waals surface area contributed by atoms with E-state index < -0.39 is 23.5 Å². The summed E-state index contributed by atoms with van der Waals surface area (Å²) in [5.74, 6) is 0.436. The second-order valence-corrected chi connectivity index (χ2v) is 15.6. The number of fused-ring (bicyclic) bond motifs is 7. The van der Waals surface area contributed by atoms with Crippen molar-refractivity contribution in [3.8, 4) is 61.8 Å². The molecule has 0 radical (unpaired) electrons. The third-order valence-electron chi connectivity index (χ3n) is 11.7. The Morgan fingerprint density at radius 2 is 0.922 bits per heavy atom. The number of alkyl halides is 6. The van der Waals surface area contributed by atoms with Gasteiger partial charge in [-0.2, -0.15) is 26.3 Å². The number of rotatable bonds is 6. The predicted molar refractivity (Wildman–Crippen MR) is 241 cm³/mol. The number of hydrogen-bond acceptors (Lipinski definition) is 3. The second kappa shape index (κ2) is 14.8. The van der Waals surface area contributed by atoms with Crippen molar-refractivity contribution in [1.29, 1.82) is 0 Å². The van der Waals surface area contributed by atoms with E-state index in [4.69, 9.17) is 14.4 Å². The van der Waals surface area contributed by atoms with Gasteiger partial charge in [-0.15, -0.1) is 0 Å². The van der Waals surface area contributed by atoms with Gasteiger partial charge in [0.25, 0.3) is 0 Å². The molecular weight excluding hydrogens is 821 g/mol. The summed E-state index contributed by atoms with van der Waals surface area (Å²) in [4.78, 5) is 10.0. The number of hydrogen-bond donors (Lipinski definition) is 0. The van der Waals surface area contributed by atoms with Gasteiger partial charge in [0.1, 0.15) is 11.2 Å². The van der Waals surface area contributed by atoms with Gasteiger partial charge in [0.2, 0.25) is 0 Å². The molecule has 0 saturated heterocycles. The lowest BCUT2D eigenvalue weighted by Gasteiger charge is -2.22. The second-order valence-electron chi connectivity index (χ2n) is 15.6. The molecule has 0 unspecified atom stereocenters. The maximum Gasteiger partial charge on any atom is 0.416 e. The summed E-state index contributed by atoms with van der Waals surface area (Å²) in [6.45, 7) is 0. The Kier molecular flexibility index (Phi) is 9.02. The van der Waals surface area contributed by atoms with Crippen LogP contribution in [0, 0.1) is 0 Å². The zero-order chi connectivity index (χ0) is 43.7. The fraction of sp³-hybridized carbons (Fsp3) is 0.0370. The molecule has 0 atom stereocenters. The lowest BCUT2D eigenvalue weighted by Crippen LogP contribution is -2.06. The van der Waals surface area contributed by atoms with E-state index in [-0.39, 0.29) is 0 Å². The number of halogens is 6. The topological polar surface area (TPSA) is 43.9 Å². The van der Waals surface area contributed by atoms with E-state index in [1.807, 2.05) is 144 Å². The van der Waals surface area contributed by atoms with Crippen molar-refractivity contribution >= 4 is 43.7 Å². The first-order valence-corrected chi connectivity index (χ1v) is 20.4. The van der Waals surface area contributed by atoms with Crippen LogP contribution in [0.5, 0.6) is 0 Å². The highest BCUT2D eigenvalue weighted by Crippen LogP contribution is 2.47. The third-order valence-corrected chi connectivity index (χ3v) is 11.7. The van der Waals surface area contributed by atoms with Gasteiger partial charge in [0.05, 0.1) is 44.6 Å². The largest absolute Gasteiger partial charge is 0.455 e. The molecule has 3 heterocycles. The Labute approximate surface area is 361 Å². The van der Waals surface area contributed by atoms with Gasteiger partial charge in [-0.25, -0.2) is 9.97 Å². The van der Waals surface area contributed by atoms with Gasteiger partial charge >= 0.3 is 12.4 Å². The van der Waals surface area contributed by atoms with Crippen LogP contribution in [0.4, 0.5) is 26.3 Å². The predicted octanol–water partition coefficient (Wildman–Crippen LogP) is 15.8. The van der Waals surface area contributed by atoms with Gasteiger partial charge < -0.3 is 8.98 Å². The maximum absolute atomic E-state index is 14.1. The number of furan rings is 1. The minimum atomic E-state index is -4.60. The molecule has 3 aromatic heterocycles. The minimum Gasteiger partial charge on any atom is -0.455 e. The van der Waals surface area contributed by atoms with Crippen LogP contribution in [0.3, 0.4) is 0 Å². The van der Waals surface area contributed by atoms with E-state index in [9.17, 15) is 26.3 Å². The number of aromatic nitrogens is 3. The zero-order valence-electron chi connectivity index (χ0n) is 33.4. The van der Waals surface area contributed by atoms with Gasteiger partial charge in [-0.3, -0.25) is 0 Å². The summed E-state index contributed by atoms with van der Waals surface area (Å²) in [7, 11) is 0. The summed E-state index contributed by atoms with van der Waals surface area (Å²) in [5, 5.41) is 3.49. The van der Waals surface area contributed by atoms with Crippen molar-refractivity contribution < 1.29 is 30.8 Å². The first kappa shape index (κ1) is 38.9. The molecule has 4 nitrogen and oxygen atoms in total. The Balaban J connectivity index is 1.28. The molecule has 11 rings (SSSR count). The molecule has 0 amide bonds. The fourth-order valence-electron chi connectivity index (χ4n) is 8.68. The van der Waals surface area contributed by atoms with Crippen molar-refractivity contribution in [2.24, 2.45) is 0 Å². The van der Waals surface area contributed by atoms with Crippen molar-refractivity contribution in [2.75, 3.05) is 0 Å². The normalized spacial score (nSPS) is 12.2.